The Morgan fingerprint density at radius 1 is 1.04 bits per heavy atom. The maximum Gasteiger partial charge on any atom is 0.229 e. The molecule has 0 unspecified atom stereocenters. The van der Waals surface area contributed by atoms with E-state index in [0.29, 0.717) is 51.4 Å². The zero-order valence-electron chi connectivity index (χ0n) is 14.0. The minimum atomic E-state index is -0.270. The molecule has 1 N–H and O–H groups in total. The topological polar surface area (TPSA) is 86.8 Å². The molecule has 7 heteroatoms. The summed E-state index contributed by atoms with van der Waals surface area (Å²) >= 11 is 0. The molecule has 2 saturated heterocycles. The zero-order chi connectivity index (χ0) is 17.1. The van der Waals surface area contributed by atoms with Crippen LogP contribution in [-0.2, 0) is 19.2 Å². The minimum absolute atomic E-state index is 0.0929. The largest absolute Gasteiger partial charge is 0.356 e. The highest BCUT2D eigenvalue weighted by atomic mass is 16.2. The standard InChI is InChI=1S/C17H25N3O4/c21-14-6-7-15(22)19(14)9-3-8-18-17(24)12-10-16(23)20(11-12)13-4-1-2-5-13/h12-13H,1-11H2,(H,18,24)/t12-/m1/s1. The third-order valence-electron chi connectivity index (χ3n) is 5.31. The van der Waals surface area contributed by atoms with Crippen LogP contribution < -0.4 is 5.32 Å². The summed E-state index contributed by atoms with van der Waals surface area (Å²) in [5, 5.41) is 2.84. The fourth-order valence-electron chi connectivity index (χ4n) is 3.94. The molecule has 1 aliphatic carbocycles. The first kappa shape index (κ1) is 16.9. The Labute approximate surface area is 141 Å². The Balaban J connectivity index is 1.38. The van der Waals surface area contributed by atoms with E-state index in [2.05, 4.69) is 5.32 Å². The van der Waals surface area contributed by atoms with Crippen molar-refractivity contribution < 1.29 is 19.2 Å². The number of carbonyl (C=O) groups excluding carboxylic acids is 4. The number of nitrogens with one attached hydrogen (secondary N) is 1. The maximum atomic E-state index is 12.2. The summed E-state index contributed by atoms with van der Waals surface area (Å²) in [6, 6.07) is 0.322. The number of likely N-dealkylation sites (tertiary alicyclic amines) is 2. The van der Waals surface area contributed by atoms with Gasteiger partial charge in [-0.05, 0) is 19.3 Å². The first-order valence-electron chi connectivity index (χ1n) is 8.96. The molecular weight excluding hydrogens is 310 g/mol. The van der Waals surface area contributed by atoms with Crippen molar-refractivity contribution in [2.24, 2.45) is 5.92 Å². The van der Waals surface area contributed by atoms with Gasteiger partial charge in [0, 0.05) is 44.9 Å². The van der Waals surface area contributed by atoms with Crippen molar-refractivity contribution in [2.75, 3.05) is 19.6 Å². The average Bonchev–Trinajstić information content (AvgIpc) is 3.26. The second-order valence-corrected chi connectivity index (χ2v) is 6.97. The van der Waals surface area contributed by atoms with Crippen molar-refractivity contribution >= 4 is 23.6 Å². The molecule has 1 saturated carbocycles. The first-order valence-corrected chi connectivity index (χ1v) is 8.96. The van der Waals surface area contributed by atoms with Gasteiger partial charge in [-0.3, -0.25) is 24.1 Å². The Hall–Kier alpha value is -1.92. The summed E-state index contributed by atoms with van der Waals surface area (Å²) in [4.78, 5) is 50.5. The number of rotatable bonds is 6. The molecule has 132 valence electrons. The van der Waals surface area contributed by atoms with Crippen molar-refractivity contribution in [3.63, 3.8) is 0 Å². The van der Waals surface area contributed by atoms with E-state index in [9.17, 15) is 19.2 Å². The number of carbonyl (C=O) groups is 4. The van der Waals surface area contributed by atoms with Gasteiger partial charge in [0.15, 0.2) is 0 Å². The highest BCUT2D eigenvalue weighted by molar-refractivity contribution is 6.01. The third-order valence-corrected chi connectivity index (χ3v) is 5.31. The molecule has 0 spiro atoms. The number of amides is 4. The van der Waals surface area contributed by atoms with Crippen LogP contribution in [0.1, 0.15) is 51.4 Å². The molecular formula is C17H25N3O4. The molecule has 3 fully saturated rings. The quantitative estimate of drug-likeness (QED) is 0.563. The van der Waals surface area contributed by atoms with Crippen LogP contribution in [0.5, 0.6) is 0 Å². The number of hydrogen-bond acceptors (Lipinski definition) is 4. The highest BCUT2D eigenvalue weighted by Crippen LogP contribution is 2.29. The van der Waals surface area contributed by atoms with Crippen LogP contribution in [0.4, 0.5) is 0 Å². The number of imide groups is 1. The van der Waals surface area contributed by atoms with Gasteiger partial charge in [-0.1, -0.05) is 12.8 Å². The first-order chi connectivity index (χ1) is 11.6. The second-order valence-electron chi connectivity index (χ2n) is 6.97. The zero-order valence-corrected chi connectivity index (χ0v) is 14.0. The fourth-order valence-corrected chi connectivity index (χ4v) is 3.94. The molecule has 0 radical (unpaired) electrons. The van der Waals surface area contributed by atoms with Crippen molar-refractivity contribution in [3.8, 4) is 0 Å². The van der Waals surface area contributed by atoms with E-state index in [0.717, 1.165) is 12.8 Å². The van der Waals surface area contributed by atoms with E-state index in [-0.39, 0.29) is 29.5 Å². The monoisotopic (exact) mass is 335 g/mol. The van der Waals surface area contributed by atoms with Crippen LogP contribution in [0, 0.1) is 5.92 Å². The Bertz CT molecular complexity index is 526. The van der Waals surface area contributed by atoms with E-state index < -0.39 is 0 Å². The molecule has 1 atom stereocenters. The SMILES string of the molecule is O=C(NCCCN1C(=O)CCC1=O)[C@@H]1CC(=O)N(C2CCCC2)C1. The molecule has 0 aromatic carbocycles. The smallest absolute Gasteiger partial charge is 0.229 e. The third kappa shape index (κ3) is 3.60. The molecule has 3 aliphatic rings. The van der Waals surface area contributed by atoms with Crippen LogP contribution in [0.2, 0.25) is 0 Å². The maximum absolute atomic E-state index is 12.2. The predicted octanol–water partition coefficient (Wildman–Crippen LogP) is 0.433. The summed E-state index contributed by atoms with van der Waals surface area (Å²) in [6.07, 6.45) is 5.88. The van der Waals surface area contributed by atoms with Gasteiger partial charge in [-0.2, -0.15) is 0 Å². The molecule has 0 bridgehead atoms. The fraction of sp³-hybridized carbons (Fsp3) is 0.765. The minimum Gasteiger partial charge on any atom is -0.356 e. The summed E-state index contributed by atoms with van der Waals surface area (Å²) < 4.78 is 0. The van der Waals surface area contributed by atoms with Crippen molar-refractivity contribution in [2.45, 2.75) is 57.4 Å². The number of hydrogen-bond donors (Lipinski definition) is 1. The van der Waals surface area contributed by atoms with Crippen LogP contribution in [0.3, 0.4) is 0 Å². The molecule has 2 aliphatic heterocycles. The van der Waals surface area contributed by atoms with Gasteiger partial charge in [-0.15, -0.1) is 0 Å². The van der Waals surface area contributed by atoms with Gasteiger partial charge in [-0.25, -0.2) is 0 Å². The normalized spacial score (nSPS) is 25.2. The Kier molecular flexibility index (Phi) is 5.16. The summed E-state index contributed by atoms with van der Waals surface area (Å²) in [6.45, 7) is 1.30. The van der Waals surface area contributed by atoms with Crippen LogP contribution in [0.15, 0.2) is 0 Å². The van der Waals surface area contributed by atoms with Crippen molar-refractivity contribution in [1.29, 1.82) is 0 Å². The van der Waals surface area contributed by atoms with E-state index in [1.807, 2.05) is 4.90 Å². The van der Waals surface area contributed by atoms with Crippen LogP contribution in [-0.4, -0.2) is 59.1 Å². The Morgan fingerprint density at radius 3 is 2.38 bits per heavy atom. The predicted molar refractivity (Wildman–Crippen MR) is 85.7 cm³/mol. The summed E-state index contributed by atoms with van der Waals surface area (Å²) in [5.41, 5.74) is 0. The molecule has 7 nitrogen and oxygen atoms in total. The molecule has 2 heterocycles. The van der Waals surface area contributed by atoms with E-state index in [4.69, 9.17) is 0 Å². The lowest BCUT2D eigenvalue weighted by molar-refractivity contribution is -0.138. The van der Waals surface area contributed by atoms with Gasteiger partial charge in [0.05, 0.1) is 5.92 Å². The average molecular weight is 335 g/mol. The van der Waals surface area contributed by atoms with Gasteiger partial charge < -0.3 is 10.2 Å². The lowest BCUT2D eigenvalue weighted by atomic mass is 10.1. The molecule has 4 amide bonds. The molecule has 24 heavy (non-hydrogen) atoms. The second kappa shape index (κ2) is 7.32. The van der Waals surface area contributed by atoms with E-state index in [1.54, 1.807) is 0 Å². The molecule has 0 aromatic rings. The lowest BCUT2D eigenvalue weighted by Gasteiger charge is -2.23. The molecule has 0 aromatic heterocycles. The highest BCUT2D eigenvalue weighted by Gasteiger charge is 2.38. The van der Waals surface area contributed by atoms with Crippen molar-refractivity contribution in [1.82, 2.24) is 15.1 Å². The van der Waals surface area contributed by atoms with E-state index in [1.165, 1.54) is 17.7 Å². The molecule has 3 rings (SSSR count). The van der Waals surface area contributed by atoms with Crippen LogP contribution in [0.25, 0.3) is 0 Å². The Morgan fingerprint density at radius 2 is 1.71 bits per heavy atom. The van der Waals surface area contributed by atoms with Gasteiger partial charge in [0.25, 0.3) is 0 Å². The number of nitrogens with zero attached hydrogens (tertiary/aromatic N) is 2. The van der Waals surface area contributed by atoms with Gasteiger partial charge in [0.1, 0.15) is 0 Å². The van der Waals surface area contributed by atoms with Gasteiger partial charge in [0.2, 0.25) is 23.6 Å². The summed E-state index contributed by atoms with van der Waals surface area (Å²) in [5.74, 6) is -0.522. The van der Waals surface area contributed by atoms with Crippen molar-refractivity contribution in [3.05, 3.63) is 0 Å². The van der Waals surface area contributed by atoms with Crippen LogP contribution >= 0.6 is 0 Å². The van der Waals surface area contributed by atoms with E-state index >= 15 is 0 Å². The van der Waals surface area contributed by atoms with Gasteiger partial charge >= 0.3 is 0 Å². The lowest BCUT2D eigenvalue weighted by Crippen LogP contribution is -2.38. The summed E-state index contributed by atoms with van der Waals surface area (Å²) in [7, 11) is 0.